The maximum absolute atomic E-state index is 13.4. The van der Waals surface area contributed by atoms with E-state index in [1.54, 1.807) is 26.2 Å². The Hall–Kier alpha value is -2.60. The van der Waals surface area contributed by atoms with Gasteiger partial charge >= 0.3 is 0 Å². The number of nitrogens with one attached hydrogen (secondary N) is 1. The molecular formula is C19H22FNO4. The molecule has 2 N–H and O–H groups in total. The number of ether oxygens (including phenoxy) is 2. The van der Waals surface area contributed by atoms with Crippen molar-refractivity contribution in [1.82, 2.24) is 5.32 Å². The number of benzene rings is 2. The number of carbonyl (C=O) groups excluding carboxylic acids is 1. The molecule has 0 saturated heterocycles. The van der Waals surface area contributed by atoms with E-state index < -0.39 is 17.3 Å². The fraction of sp³-hybridized carbons (Fsp3) is 0.316. The lowest BCUT2D eigenvalue weighted by atomic mass is 9.96. The molecule has 2 rings (SSSR count). The molecule has 0 aliphatic rings. The standard InChI is InChI=1S/C19H22FNO4/c1-19(23,11-14-7-9-15(24-2)10-8-14)13-21-18(22)12-25-17-6-4-3-5-16(17)20/h3-10,23H,11-13H2,1-2H3,(H,21,22). The normalized spacial score (nSPS) is 13.0. The van der Waals surface area contributed by atoms with E-state index in [-0.39, 0.29) is 18.9 Å². The number of rotatable bonds is 8. The Kier molecular flexibility index (Phi) is 6.36. The molecule has 0 aliphatic heterocycles. The van der Waals surface area contributed by atoms with Crippen LogP contribution < -0.4 is 14.8 Å². The predicted octanol–water partition coefficient (Wildman–Crippen LogP) is 2.32. The number of aliphatic hydroxyl groups is 1. The zero-order valence-electron chi connectivity index (χ0n) is 14.3. The van der Waals surface area contributed by atoms with Gasteiger partial charge in [0.2, 0.25) is 0 Å². The number of hydrogen-bond acceptors (Lipinski definition) is 4. The molecule has 5 nitrogen and oxygen atoms in total. The van der Waals surface area contributed by atoms with Gasteiger partial charge in [0.25, 0.3) is 5.91 Å². The Morgan fingerprint density at radius 1 is 1.20 bits per heavy atom. The van der Waals surface area contributed by atoms with E-state index in [1.165, 1.54) is 12.1 Å². The first-order chi connectivity index (χ1) is 11.9. The Morgan fingerprint density at radius 3 is 2.52 bits per heavy atom. The number of amides is 1. The average molecular weight is 347 g/mol. The molecule has 0 aromatic heterocycles. The number of halogens is 1. The van der Waals surface area contributed by atoms with E-state index in [0.717, 1.165) is 11.3 Å². The SMILES string of the molecule is COc1ccc(CC(C)(O)CNC(=O)COc2ccccc2F)cc1. The minimum Gasteiger partial charge on any atom is -0.497 e. The molecular weight excluding hydrogens is 325 g/mol. The topological polar surface area (TPSA) is 67.8 Å². The molecule has 6 heteroatoms. The van der Waals surface area contributed by atoms with Crippen LogP contribution in [0.4, 0.5) is 4.39 Å². The van der Waals surface area contributed by atoms with E-state index in [0.29, 0.717) is 6.42 Å². The molecule has 0 fully saturated rings. The van der Waals surface area contributed by atoms with Crippen LogP contribution in [0.3, 0.4) is 0 Å². The first-order valence-corrected chi connectivity index (χ1v) is 7.89. The van der Waals surface area contributed by atoms with Crippen molar-refractivity contribution >= 4 is 5.91 Å². The van der Waals surface area contributed by atoms with Crippen molar-refractivity contribution in [3.63, 3.8) is 0 Å². The van der Waals surface area contributed by atoms with Gasteiger partial charge in [-0.1, -0.05) is 24.3 Å². The van der Waals surface area contributed by atoms with Crippen LogP contribution >= 0.6 is 0 Å². The fourth-order valence-corrected chi connectivity index (χ4v) is 2.29. The van der Waals surface area contributed by atoms with Gasteiger partial charge in [-0.05, 0) is 36.8 Å². The number of hydrogen-bond donors (Lipinski definition) is 2. The predicted molar refractivity (Wildman–Crippen MR) is 92.2 cm³/mol. The molecule has 1 atom stereocenters. The summed E-state index contributed by atoms with van der Waals surface area (Å²) >= 11 is 0. The van der Waals surface area contributed by atoms with E-state index >= 15 is 0 Å². The van der Waals surface area contributed by atoms with Crippen molar-refractivity contribution in [3.05, 3.63) is 59.9 Å². The summed E-state index contributed by atoms with van der Waals surface area (Å²) in [6, 6.07) is 13.2. The van der Waals surface area contributed by atoms with Gasteiger partial charge in [0.05, 0.1) is 12.7 Å². The molecule has 0 aliphatic carbocycles. The second-order valence-electron chi connectivity index (χ2n) is 6.02. The third-order valence-electron chi connectivity index (χ3n) is 3.61. The molecule has 2 aromatic rings. The second kappa shape index (κ2) is 8.48. The molecule has 134 valence electrons. The summed E-state index contributed by atoms with van der Waals surface area (Å²) < 4.78 is 23.6. The van der Waals surface area contributed by atoms with Gasteiger partial charge in [-0.3, -0.25) is 4.79 Å². The summed E-state index contributed by atoms with van der Waals surface area (Å²) in [5, 5.41) is 13.0. The van der Waals surface area contributed by atoms with Gasteiger partial charge < -0.3 is 19.9 Å². The van der Waals surface area contributed by atoms with Crippen LogP contribution in [0, 0.1) is 5.82 Å². The Morgan fingerprint density at radius 2 is 1.88 bits per heavy atom. The first kappa shape index (κ1) is 18.7. The molecule has 1 unspecified atom stereocenters. The smallest absolute Gasteiger partial charge is 0.258 e. The molecule has 2 aromatic carbocycles. The first-order valence-electron chi connectivity index (χ1n) is 7.89. The van der Waals surface area contributed by atoms with E-state index in [4.69, 9.17) is 9.47 Å². The highest BCUT2D eigenvalue weighted by atomic mass is 19.1. The highest BCUT2D eigenvalue weighted by molar-refractivity contribution is 5.77. The molecule has 25 heavy (non-hydrogen) atoms. The zero-order valence-corrected chi connectivity index (χ0v) is 14.3. The number of para-hydroxylation sites is 1. The molecule has 0 bridgehead atoms. The quantitative estimate of drug-likeness (QED) is 0.769. The molecule has 1 amide bonds. The summed E-state index contributed by atoms with van der Waals surface area (Å²) in [4.78, 5) is 11.8. The third-order valence-corrected chi connectivity index (χ3v) is 3.61. The van der Waals surface area contributed by atoms with Crippen LogP contribution in [-0.2, 0) is 11.2 Å². The van der Waals surface area contributed by atoms with Crippen molar-refractivity contribution in [1.29, 1.82) is 0 Å². The van der Waals surface area contributed by atoms with Crippen LogP contribution in [-0.4, -0.2) is 36.9 Å². The van der Waals surface area contributed by atoms with Crippen LogP contribution in [0.2, 0.25) is 0 Å². The highest BCUT2D eigenvalue weighted by Crippen LogP contribution is 2.17. The van der Waals surface area contributed by atoms with Crippen LogP contribution in [0.15, 0.2) is 48.5 Å². The summed E-state index contributed by atoms with van der Waals surface area (Å²) in [6.45, 7) is 1.37. The summed E-state index contributed by atoms with van der Waals surface area (Å²) in [6.07, 6.45) is 0.367. The minimum atomic E-state index is -1.12. The lowest BCUT2D eigenvalue weighted by Gasteiger charge is -2.24. The van der Waals surface area contributed by atoms with Gasteiger partial charge in [-0.25, -0.2) is 4.39 Å². The van der Waals surface area contributed by atoms with Crippen LogP contribution in [0.1, 0.15) is 12.5 Å². The van der Waals surface area contributed by atoms with E-state index in [2.05, 4.69) is 5.32 Å². The third kappa shape index (κ3) is 6.08. The molecule has 0 spiro atoms. The average Bonchev–Trinajstić information content (AvgIpc) is 2.60. The lowest BCUT2D eigenvalue weighted by molar-refractivity contribution is -0.124. The lowest BCUT2D eigenvalue weighted by Crippen LogP contribution is -2.43. The van der Waals surface area contributed by atoms with Crippen molar-refractivity contribution in [3.8, 4) is 11.5 Å². The summed E-state index contributed by atoms with van der Waals surface area (Å²) in [5.41, 5.74) is -0.204. The van der Waals surface area contributed by atoms with Gasteiger partial charge in [-0.2, -0.15) is 0 Å². The molecule has 0 heterocycles. The van der Waals surface area contributed by atoms with Gasteiger partial charge in [0.15, 0.2) is 18.2 Å². The Bertz CT molecular complexity index is 701. The highest BCUT2D eigenvalue weighted by Gasteiger charge is 2.22. The van der Waals surface area contributed by atoms with E-state index in [9.17, 15) is 14.3 Å². The van der Waals surface area contributed by atoms with Crippen molar-refractivity contribution in [2.75, 3.05) is 20.3 Å². The van der Waals surface area contributed by atoms with Crippen molar-refractivity contribution in [2.24, 2.45) is 0 Å². The Balaban J connectivity index is 1.79. The van der Waals surface area contributed by atoms with Gasteiger partial charge in [0, 0.05) is 13.0 Å². The van der Waals surface area contributed by atoms with Crippen molar-refractivity contribution in [2.45, 2.75) is 18.9 Å². The second-order valence-corrected chi connectivity index (χ2v) is 6.02. The Labute approximate surface area is 146 Å². The van der Waals surface area contributed by atoms with Gasteiger partial charge in [-0.15, -0.1) is 0 Å². The van der Waals surface area contributed by atoms with Crippen LogP contribution in [0.5, 0.6) is 11.5 Å². The van der Waals surface area contributed by atoms with E-state index in [1.807, 2.05) is 24.3 Å². The maximum atomic E-state index is 13.4. The number of methoxy groups -OCH3 is 1. The van der Waals surface area contributed by atoms with Crippen molar-refractivity contribution < 1.29 is 23.8 Å². The van der Waals surface area contributed by atoms with Crippen LogP contribution in [0.25, 0.3) is 0 Å². The summed E-state index contributed by atoms with van der Waals surface area (Å²) in [5.74, 6) is -0.204. The summed E-state index contributed by atoms with van der Waals surface area (Å²) in [7, 11) is 1.59. The number of carbonyl (C=O) groups is 1. The fourth-order valence-electron chi connectivity index (χ4n) is 2.29. The minimum absolute atomic E-state index is 0.0163. The molecule has 0 radical (unpaired) electrons. The zero-order chi connectivity index (χ0) is 18.3. The largest absolute Gasteiger partial charge is 0.497 e. The maximum Gasteiger partial charge on any atom is 0.258 e. The molecule has 0 saturated carbocycles. The van der Waals surface area contributed by atoms with Gasteiger partial charge in [0.1, 0.15) is 5.75 Å². The monoisotopic (exact) mass is 347 g/mol.